The molecular formula is C10H9FN2O4. The number of rotatable bonds is 4. The topological polar surface area (TPSA) is 107 Å². The molecule has 0 amide bonds. The summed E-state index contributed by atoms with van der Waals surface area (Å²) in [6.07, 6.45) is -3.56. The highest BCUT2D eigenvalue weighted by atomic mass is 19.1. The summed E-state index contributed by atoms with van der Waals surface area (Å²) in [5.41, 5.74) is -1.19. The number of nitro groups is 1. The summed E-state index contributed by atoms with van der Waals surface area (Å²) in [4.78, 5) is 9.53. The van der Waals surface area contributed by atoms with Crippen LogP contribution >= 0.6 is 0 Å². The highest BCUT2D eigenvalue weighted by Crippen LogP contribution is 2.27. The smallest absolute Gasteiger partial charge is 0.305 e. The lowest BCUT2D eigenvalue weighted by molar-refractivity contribution is -0.387. The van der Waals surface area contributed by atoms with E-state index in [-0.39, 0.29) is 0 Å². The van der Waals surface area contributed by atoms with Gasteiger partial charge in [-0.25, -0.2) is 0 Å². The molecule has 0 spiro atoms. The van der Waals surface area contributed by atoms with Crippen LogP contribution in [0.1, 0.15) is 18.1 Å². The number of aliphatic hydroxyl groups is 2. The van der Waals surface area contributed by atoms with E-state index in [0.717, 1.165) is 12.1 Å². The van der Waals surface area contributed by atoms with E-state index in [0.29, 0.717) is 0 Å². The third kappa shape index (κ3) is 2.75. The van der Waals surface area contributed by atoms with Gasteiger partial charge in [-0.2, -0.15) is 9.65 Å². The van der Waals surface area contributed by atoms with Crippen LogP contribution in [-0.2, 0) is 0 Å². The molecule has 2 unspecified atom stereocenters. The summed E-state index contributed by atoms with van der Waals surface area (Å²) in [5.74, 6) is -1.21. The predicted octanol–water partition coefficient (Wildman–Crippen LogP) is 1.04. The van der Waals surface area contributed by atoms with Crippen LogP contribution in [0.15, 0.2) is 18.2 Å². The van der Waals surface area contributed by atoms with Gasteiger partial charge in [0, 0.05) is 11.6 Å². The standard InChI is InChI=1S/C10H9FN2O4/c11-9-6(10(15)8(14)4-5-12)2-1-3-7(9)13(16)17/h1-3,8,10,14-15H,4H2. The summed E-state index contributed by atoms with van der Waals surface area (Å²) in [6.45, 7) is 0. The first-order chi connectivity index (χ1) is 7.99. The normalized spacial score (nSPS) is 13.8. The largest absolute Gasteiger partial charge is 0.389 e. The van der Waals surface area contributed by atoms with Crippen molar-refractivity contribution >= 4 is 5.69 Å². The summed E-state index contributed by atoms with van der Waals surface area (Å²) in [5, 5.41) is 37.6. The van der Waals surface area contributed by atoms with E-state index in [2.05, 4.69) is 0 Å². The Morgan fingerprint density at radius 3 is 2.71 bits per heavy atom. The number of nitrogens with zero attached hydrogens (tertiary/aromatic N) is 2. The lowest BCUT2D eigenvalue weighted by atomic mass is 10.0. The Morgan fingerprint density at radius 2 is 2.18 bits per heavy atom. The minimum atomic E-state index is -1.67. The zero-order valence-electron chi connectivity index (χ0n) is 8.58. The third-order valence-corrected chi connectivity index (χ3v) is 2.19. The molecule has 0 heterocycles. The first-order valence-electron chi connectivity index (χ1n) is 4.65. The molecular weight excluding hydrogens is 231 g/mol. The Hall–Kier alpha value is -2.04. The summed E-state index contributed by atoms with van der Waals surface area (Å²) in [6, 6.07) is 4.87. The van der Waals surface area contributed by atoms with E-state index in [1.54, 1.807) is 6.07 Å². The van der Waals surface area contributed by atoms with E-state index in [9.17, 15) is 24.7 Å². The van der Waals surface area contributed by atoms with E-state index in [1.165, 1.54) is 6.07 Å². The van der Waals surface area contributed by atoms with Gasteiger partial charge in [-0.05, 0) is 0 Å². The van der Waals surface area contributed by atoms with Crippen LogP contribution in [0.2, 0.25) is 0 Å². The minimum absolute atomic E-state index is 0.400. The highest BCUT2D eigenvalue weighted by molar-refractivity contribution is 5.38. The van der Waals surface area contributed by atoms with E-state index < -0.39 is 40.6 Å². The van der Waals surface area contributed by atoms with Crippen molar-refractivity contribution in [3.63, 3.8) is 0 Å². The second kappa shape index (κ2) is 5.34. The Bertz CT molecular complexity index is 472. The van der Waals surface area contributed by atoms with Gasteiger partial charge in [0.15, 0.2) is 0 Å². The summed E-state index contributed by atoms with van der Waals surface area (Å²) < 4.78 is 13.6. The molecule has 1 aromatic carbocycles. The number of nitro benzene ring substituents is 1. The second-order valence-electron chi connectivity index (χ2n) is 3.31. The van der Waals surface area contributed by atoms with Crippen LogP contribution in [0, 0.1) is 27.3 Å². The fraction of sp³-hybridized carbons (Fsp3) is 0.300. The van der Waals surface area contributed by atoms with Gasteiger partial charge in [0.1, 0.15) is 6.10 Å². The number of aliphatic hydroxyl groups excluding tert-OH is 2. The number of halogens is 1. The van der Waals surface area contributed by atoms with Gasteiger partial charge < -0.3 is 10.2 Å². The van der Waals surface area contributed by atoms with E-state index >= 15 is 0 Å². The fourth-order valence-electron chi connectivity index (χ4n) is 1.32. The molecule has 1 aromatic rings. The maximum absolute atomic E-state index is 13.6. The average Bonchev–Trinajstić information content (AvgIpc) is 2.28. The lowest BCUT2D eigenvalue weighted by Crippen LogP contribution is -2.19. The maximum atomic E-state index is 13.6. The molecule has 0 radical (unpaired) electrons. The first-order valence-corrected chi connectivity index (χ1v) is 4.65. The molecule has 1 rings (SSSR count). The van der Waals surface area contributed by atoms with Crippen LogP contribution < -0.4 is 0 Å². The van der Waals surface area contributed by atoms with Gasteiger partial charge in [0.05, 0.1) is 23.5 Å². The second-order valence-corrected chi connectivity index (χ2v) is 3.31. The van der Waals surface area contributed by atoms with Crippen molar-refractivity contribution < 1.29 is 19.5 Å². The Balaban J connectivity index is 3.11. The molecule has 90 valence electrons. The fourth-order valence-corrected chi connectivity index (χ4v) is 1.32. The average molecular weight is 240 g/mol. The van der Waals surface area contributed by atoms with Gasteiger partial charge in [-0.3, -0.25) is 10.1 Å². The van der Waals surface area contributed by atoms with E-state index in [1.807, 2.05) is 0 Å². The predicted molar refractivity (Wildman–Crippen MR) is 54.3 cm³/mol. The van der Waals surface area contributed by atoms with Gasteiger partial charge in [0.2, 0.25) is 5.82 Å². The number of benzene rings is 1. The zero-order valence-corrected chi connectivity index (χ0v) is 8.58. The van der Waals surface area contributed by atoms with Crippen molar-refractivity contribution in [2.45, 2.75) is 18.6 Å². The molecule has 0 saturated heterocycles. The van der Waals surface area contributed by atoms with Crippen LogP contribution in [-0.4, -0.2) is 21.2 Å². The lowest BCUT2D eigenvalue weighted by Gasteiger charge is -2.15. The molecule has 0 fully saturated rings. The number of hydrogen-bond donors (Lipinski definition) is 2. The zero-order chi connectivity index (χ0) is 13.0. The van der Waals surface area contributed by atoms with Crippen LogP contribution in [0.3, 0.4) is 0 Å². The molecule has 7 heteroatoms. The van der Waals surface area contributed by atoms with Gasteiger partial charge >= 0.3 is 5.69 Å². The van der Waals surface area contributed by atoms with Crippen molar-refractivity contribution in [3.8, 4) is 6.07 Å². The SMILES string of the molecule is N#CCC(O)C(O)c1cccc([N+](=O)[O-])c1F. The van der Waals surface area contributed by atoms with E-state index in [4.69, 9.17) is 5.26 Å². The van der Waals surface area contributed by atoms with Crippen LogP contribution in [0.5, 0.6) is 0 Å². The highest BCUT2D eigenvalue weighted by Gasteiger charge is 2.26. The molecule has 2 atom stereocenters. The minimum Gasteiger partial charge on any atom is -0.389 e. The first kappa shape index (κ1) is 13.0. The molecule has 0 aromatic heterocycles. The number of nitriles is 1. The molecule has 0 bridgehead atoms. The summed E-state index contributed by atoms with van der Waals surface area (Å²) >= 11 is 0. The van der Waals surface area contributed by atoms with Crippen molar-refractivity contribution in [1.82, 2.24) is 0 Å². The summed E-state index contributed by atoms with van der Waals surface area (Å²) in [7, 11) is 0. The van der Waals surface area contributed by atoms with Gasteiger partial charge in [-0.1, -0.05) is 12.1 Å². The van der Waals surface area contributed by atoms with Gasteiger partial charge in [0.25, 0.3) is 0 Å². The monoisotopic (exact) mass is 240 g/mol. The molecule has 17 heavy (non-hydrogen) atoms. The Labute approximate surface area is 95.7 Å². The van der Waals surface area contributed by atoms with Crippen molar-refractivity contribution in [2.75, 3.05) is 0 Å². The number of hydrogen-bond acceptors (Lipinski definition) is 5. The molecule has 0 saturated carbocycles. The molecule has 2 N–H and O–H groups in total. The Morgan fingerprint density at radius 1 is 1.53 bits per heavy atom. The Kier molecular flexibility index (Phi) is 4.09. The van der Waals surface area contributed by atoms with Crippen molar-refractivity contribution in [3.05, 3.63) is 39.7 Å². The quantitative estimate of drug-likeness (QED) is 0.603. The van der Waals surface area contributed by atoms with Crippen LogP contribution in [0.4, 0.5) is 10.1 Å². The molecule has 0 aliphatic heterocycles. The molecule has 0 aliphatic carbocycles. The third-order valence-electron chi connectivity index (χ3n) is 2.19. The van der Waals surface area contributed by atoms with Gasteiger partial charge in [-0.15, -0.1) is 0 Å². The maximum Gasteiger partial charge on any atom is 0.305 e. The van der Waals surface area contributed by atoms with Crippen molar-refractivity contribution in [2.24, 2.45) is 0 Å². The molecule has 0 aliphatic rings. The molecule has 6 nitrogen and oxygen atoms in total. The van der Waals surface area contributed by atoms with Crippen molar-refractivity contribution in [1.29, 1.82) is 5.26 Å². The van der Waals surface area contributed by atoms with Crippen LogP contribution in [0.25, 0.3) is 0 Å².